The number of pyridine rings is 2. The van der Waals surface area contributed by atoms with Gasteiger partial charge in [0.1, 0.15) is 0 Å². The van der Waals surface area contributed by atoms with Crippen molar-refractivity contribution in [3.63, 3.8) is 0 Å². The summed E-state index contributed by atoms with van der Waals surface area (Å²) in [6, 6.07) is 12.2. The number of likely N-dealkylation sites (N-methyl/N-ethyl adjacent to an activating group) is 2. The number of hydrogen-bond acceptors (Lipinski definition) is 6. The Morgan fingerprint density at radius 3 is 2.52 bits per heavy atom. The molecule has 4 aromatic rings. The number of benzene rings is 1. The van der Waals surface area contributed by atoms with Crippen LogP contribution < -0.4 is 10.9 Å². The van der Waals surface area contributed by atoms with Crippen molar-refractivity contribution in [3.05, 3.63) is 80.9 Å². The van der Waals surface area contributed by atoms with E-state index < -0.39 is 0 Å². The average Bonchev–Trinajstić information content (AvgIpc) is 3.34. The Kier molecular flexibility index (Phi) is 8.85. The number of amides is 1. The normalized spacial score (nSPS) is 11.8. The molecule has 0 bridgehead atoms. The summed E-state index contributed by atoms with van der Waals surface area (Å²) in [6.07, 6.45) is 1.70. The Labute approximate surface area is 236 Å². The van der Waals surface area contributed by atoms with Crippen molar-refractivity contribution in [1.82, 2.24) is 34.4 Å². The third kappa shape index (κ3) is 6.32. The predicted octanol–water partition coefficient (Wildman–Crippen LogP) is 3.92. The van der Waals surface area contributed by atoms with Gasteiger partial charge in [-0.15, -0.1) is 0 Å². The molecule has 0 spiro atoms. The van der Waals surface area contributed by atoms with Gasteiger partial charge in [-0.1, -0.05) is 18.2 Å². The number of rotatable bonds is 10. The number of fused-ring (bicyclic) bond motifs is 1. The van der Waals surface area contributed by atoms with E-state index in [-0.39, 0.29) is 24.1 Å². The van der Waals surface area contributed by atoms with Gasteiger partial charge in [-0.05, 0) is 78.2 Å². The largest absolute Gasteiger partial charge is 0.348 e. The monoisotopic (exact) mass is 543 g/mol. The van der Waals surface area contributed by atoms with Gasteiger partial charge in [-0.25, -0.2) is 9.67 Å². The van der Waals surface area contributed by atoms with Crippen LogP contribution in [0.25, 0.3) is 22.3 Å². The van der Waals surface area contributed by atoms with Gasteiger partial charge in [0.2, 0.25) is 0 Å². The van der Waals surface area contributed by atoms with E-state index in [1.165, 1.54) is 5.56 Å². The SMILES string of the molecule is Cc1cc(C)n(C)c(=O)c1CNC(=O)c1cc(-c2cccc(CN(C)CCN(C)C)c2)nc2c1cnn2C(C)C. The number of nitrogens with one attached hydrogen (secondary N) is 1. The minimum Gasteiger partial charge on any atom is -0.348 e. The zero-order valence-corrected chi connectivity index (χ0v) is 24.9. The van der Waals surface area contributed by atoms with Crippen LogP contribution in [0.1, 0.15) is 52.6 Å². The maximum absolute atomic E-state index is 13.6. The van der Waals surface area contributed by atoms with Crippen LogP contribution in [0.5, 0.6) is 0 Å². The Hall–Kier alpha value is -3.82. The molecule has 9 heteroatoms. The van der Waals surface area contributed by atoms with Crippen LogP contribution in [0.2, 0.25) is 0 Å². The molecule has 0 saturated heterocycles. The smallest absolute Gasteiger partial charge is 0.255 e. The zero-order chi connectivity index (χ0) is 29.1. The Bertz CT molecular complexity index is 1580. The van der Waals surface area contributed by atoms with Crippen LogP contribution in [0.3, 0.4) is 0 Å². The van der Waals surface area contributed by atoms with Gasteiger partial charge in [0.05, 0.1) is 22.8 Å². The molecule has 0 atom stereocenters. The van der Waals surface area contributed by atoms with Crippen molar-refractivity contribution in [1.29, 1.82) is 0 Å². The van der Waals surface area contributed by atoms with Crippen molar-refractivity contribution in [3.8, 4) is 11.3 Å². The molecule has 0 saturated carbocycles. The van der Waals surface area contributed by atoms with E-state index in [4.69, 9.17) is 4.98 Å². The fourth-order valence-corrected chi connectivity index (χ4v) is 4.83. The lowest BCUT2D eigenvalue weighted by Crippen LogP contribution is -2.31. The molecule has 0 fully saturated rings. The number of aryl methyl sites for hydroxylation is 2. The van der Waals surface area contributed by atoms with E-state index in [2.05, 4.69) is 53.5 Å². The van der Waals surface area contributed by atoms with Crippen LogP contribution in [0.4, 0.5) is 0 Å². The van der Waals surface area contributed by atoms with Crippen LogP contribution in [0, 0.1) is 13.8 Å². The van der Waals surface area contributed by atoms with Gasteiger partial charge < -0.3 is 19.7 Å². The van der Waals surface area contributed by atoms with E-state index in [9.17, 15) is 9.59 Å². The Morgan fingerprint density at radius 1 is 1.07 bits per heavy atom. The van der Waals surface area contributed by atoms with Crippen LogP contribution in [-0.4, -0.2) is 69.3 Å². The third-order valence-electron chi connectivity index (χ3n) is 7.32. The summed E-state index contributed by atoms with van der Waals surface area (Å²) in [6.45, 7) is 10.8. The summed E-state index contributed by atoms with van der Waals surface area (Å²) in [4.78, 5) is 35.9. The summed E-state index contributed by atoms with van der Waals surface area (Å²) < 4.78 is 3.45. The maximum atomic E-state index is 13.6. The molecule has 0 aliphatic carbocycles. The summed E-state index contributed by atoms with van der Waals surface area (Å²) >= 11 is 0. The van der Waals surface area contributed by atoms with Crippen molar-refractivity contribution >= 4 is 16.9 Å². The Balaban J connectivity index is 1.69. The maximum Gasteiger partial charge on any atom is 0.255 e. The summed E-state index contributed by atoms with van der Waals surface area (Å²) in [7, 11) is 8.02. The summed E-state index contributed by atoms with van der Waals surface area (Å²) in [5, 5.41) is 8.21. The molecular formula is C31H41N7O2. The number of carbonyl (C=O) groups excluding carboxylic acids is 1. The molecule has 0 aliphatic rings. The van der Waals surface area contributed by atoms with Gasteiger partial charge in [-0.2, -0.15) is 5.10 Å². The van der Waals surface area contributed by atoms with Crippen LogP contribution in [-0.2, 0) is 20.1 Å². The topological polar surface area (TPSA) is 88.3 Å². The minimum atomic E-state index is -0.265. The molecule has 3 heterocycles. The van der Waals surface area contributed by atoms with Crippen molar-refractivity contribution in [2.45, 2.75) is 46.8 Å². The molecule has 212 valence electrons. The lowest BCUT2D eigenvalue weighted by atomic mass is 10.0. The lowest BCUT2D eigenvalue weighted by molar-refractivity contribution is 0.0952. The van der Waals surface area contributed by atoms with Gasteiger partial charge in [0.25, 0.3) is 11.5 Å². The van der Waals surface area contributed by atoms with E-state index in [1.807, 2.05) is 56.6 Å². The van der Waals surface area contributed by atoms with Gasteiger partial charge in [0.15, 0.2) is 5.65 Å². The fraction of sp³-hybridized carbons (Fsp3) is 0.419. The van der Waals surface area contributed by atoms with Crippen molar-refractivity contribution in [2.24, 2.45) is 7.05 Å². The van der Waals surface area contributed by atoms with Crippen molar-refractivity contribution in [2.75, 3.05) is 34.2 Å². The first kappa shape index (κ1) is 29.2. The highest BCUT2D eigenvalue weighted by Gasteiger charge is 2.20. The average molecular weight is 544 g/mol. The minimum absolute atomic E-state index is 0.0751. The summed E-state index contributed by atoms with van der Waals surface area (Å²) in [5.74, 6) is -0.265. The first-order valence-corrected chi connectivity index (χ1v) is 13.7. The van der Waals surface area contributed by atoms with Gasteiger partial charge >= 0.3 is 0 Å². The summed E-state index contributed by atoms with van der Waals surface area (Å²) in [5.41, 5.74) is 6.20. The number of nitrogens with zero attached hydrogens (tertiary/aromatic N) is 6. The van der Waals surface area contributed by atoms with E-state index in [0.29, 0.717) is 27.9 Å². The standard InChI is InChI=1S/C31H41N7O2/c1-20(2)38-29-27(18-33-38)25(30(39)32-17-26-21(3)14-22(4)37(8)31(26)40)16-28(34-29)24-11-9-10-23(15-24)19-36(7)13-12-35(5)6/h9-11,14-16,18,20H,12-13,17,19H2,1-8H3,(H,32,39). The first-order valence-electron chi connectivity index (χ1n) is 13.7. The highest BCUT2D eigenvalue weighted by atomic mass is 16.2. The lowest BCUT2D eigenvalue weighted by Gasteiger charge is -2.19. The molecule has 9 nitrogen and oxygen atoms in total. The number of aromatic nitrogens is 4. The zero-order valence-electron chi connectivity index (χ0n) is 24.9. The quantitative estimate of drug-likeness (QED) is 0.326. The molecule has 1 N–H and O–H groups in total. The second-order valence-corrected chi connectivity index (χ2v) is 11.2. The van der Waals surface area contributed by atoms with Crippen molar-refractivity contribution < 1.29 is 4.79 Å². The number of carbonyl (C=O) groups is 1. The molecule has 0 radical (unpaired) electrons. The predicted molar refractivity (Wildman–Crippen MR) is 161 cm³/mol. The first-order chi connectivity index (χ1) is 19.0. The van der Waals surface area contributed by atoms with Crippen LogP contribution >= 0.6 is 0 Å². The van der Waals surface area contributed by atoms with Gasteiger partial charge in [-0.3, -0.25) is 9.59 Å². The number of hydrogen-bond donors (Lipinski definition) is 1. The highest BCUT2D eigenvalue weighted by molar-refractivity contribution is 6.06. The molecule has 4 rings (SSSR count). The molecule has 40 heavy (non-hydrogen) atoms. The fourth-order valence-electron chi connectivity index (χ4n) is 4.83. The molecule has 0 unspecified atom stereocenters. The molecule has 1 amide bonds. The van der Waals surface area contributed by atoms with E-state index >= 15 is 0 Å². The third-order valence-corrected chi connectivity index (χ3v) is 7.32. The molecule has 1 aromatic carbocycles. The molecule has 0 aliphatic heterocycles. The van der Waals surface area contributed by atoms with Crippen LogP contribution in [0.15, 0.2) is 47.4 Å². The highest BCUT2D eigenvalue weighted by Crippen LogP contribution is 2.27. The van der Waals surface area contributed by atoms with E-state index in [1.54, 1.807) is 17.8 Å². The van der Waals surface area contributed by atoms with E-state index in [0.717, 1.165) is 36.5 Å². The second-order valence-electron chi connectivity index (χ2n) is 11.2. The molecular weight excluding hydrogens is 502 g/mol. The second kappa shape index (κ2) is 12.1. The molecule has 3 aromatic heterocycles. The Morgan fingerprint density at radius 2 is 1.82 bits per heavy atom. The van der Waals surface area contributed by atoms with Gasteiger partial charge in [0, 0.05) is 56.1 Å².